The standard InChI is InChI=1S/C21H26O/c1-3-4-5-16-6-7-20-15-19(9-8-18(20)14-16)17-10-12-21(22-2)13-11-17/h8-13,15-16H,3-7,14H2,1-2H3. The van der Waals surface area contributed by atoms with E-state index in [1.165, 1.54) is 49.7 Å². The van der Waals surface area contributed by atoms with E-state index in [1.54, 1.807) is 18.2 Å². The van der Waals surface area contributed by atoms with E-state index in [2.05, 4.69) is 37.3 Å². The monoisotopic (exact) mass is 294 g/mol. The molecule has 2 aromatic rings. The summed E-state index contributed by atoms with van der Waals surface area (Å²) < 4.78 is 5.24. The number of rotatable bonds is 5. The summed E-state index contributed by atoms with van der Waals surface area (Å²) in [5.74, 6) is 1.82. The lowest BCUT2D eigenvalue weighted by molar-refractivity contribution is 0.413. The summed E-state index contributed by atoms with van der Waals surface area (Å²) in [6.07, 6.45) is 7.98. The lowest BCUT2D eigenvalue weighted by Gasteiger charge is -2.25. The van der Waals surface area contributed by atoms with Gasteiger partial charge in [0.1, 0.15) is 5.75 Å². The Balaban J connectivity index is 1.77. The second-order valence-corrected chi connectivity index (χ2v) is 6.46. The highest BCUT2D eigenvalue weighted by Crippen LogP contribution is 2.32. The summed E-state index contributed by atoms with van der Waals surface area (Å²) in [6.45, 7) is 2.29. The minimum absolute atomic E-state index is 0.902. The van der Waals surface area contributed by atoms with Crippen LogP contribution in [0.2, 0.25) is 0 Å². The minimum Gasteiger partial charge on any atom is -0.497 e. The topological polar surface area (TPSA) is 9.23 Å². The van der Waals surface area contributed by atoms with Gasteiger partial charge >= 0.3 is 0 Å². The summed E-state index contributed by atoms with van der Waals surface area (Å²) in [6, 6.07) is 15.4. The van der Waals surface area contributed by atoms with Crippen molar-refractivity contribution in [1.82, 2.24) is 0 Å². The van der Waals surface area contributed by atoms with Gasteiger partial charge in [-0.25, -0.2) is 0 Å². The average Bonchev–Trinajstić information content (AvgIpc) is 2.59. The molecule has 1 atom stereocenters. The van der Waals surface area contributed by atoms with E-state index >= 15 is 0 Å². The van der Waals surface area contributed by atoms with Gasteiger partial charge in [0, 0.05) is 0 Å². The number of ether oxygens (including phenoxy) is 1. The number of benzene rings is 2. The highest BCUT2D eigenvalue weighted by atomic mass is 16.5. The van der Waals surface area contributed by atoms with E-state index < -0.39 is 0 Å². The average molecular weight is 294 g/mol. The molecule has 0 heterocycles. The van der Waals surface area contributed by atoms with Crippen LogP contribution in [0, 0.1) is 5.92 Å². The van der Waals surface area contributed by atoms with Crippen LogP contribution >= 0.6 is 0 Å². The summed E-state index contributed by atoms with van der Waals surface area (Å²) in [4.78, 5) is 0. The molecule has 0 N–H and O–H groups in total. The highest BCUT2D eigenvalue weighted by molar-refractivity contribution is 5.65. The normalized spacial score (nSPS) is 17.1. The Morgan fingerprint density at radius 1 is 1.00 bits per heavy atom. The van der Waals surface area contributed by atoms with E-state index in [9.17, 15) is 0 Å². The van der Waals surface area contributed by atoms with E-state index in [-0.39, 0.29) is 0 Å². The molecule has 0 aliphatic heterocycles. The molecule has 0 aromatic heterocycles. The molecule has 0 saturated heterocycles. The zero-order valence-electron chi connectivity index (χ0n) is 13.8. The van der Waals surface area contributed by atoms with Crippen molar-refractivity contribution >= 4 is 0 Å². The predicted octanol–water partition coefficient (Wildman–Crippen LogP) is 5.66. The zero-order chi connectivity index (χ0) is 15.4. The van der Waals surface area contributed by atoms with Gasteiger partial charge in [-0.2, -0.15) is 0 Å². The molecular formula is C21H26O. The fourth-order valence-electron chi connectivity index (χ4n) is 3.53. The van der Waals surface area contributed by atoms with Crippen LogP contribution in [-0.4, -0.2) is 7.11 Å². The SMILES string of the molecule is CCCCC1CCc2cc(-c3ccc(OC)cc3)ccc2C1. The molecule has 22 heavy (non-hydrogen) atoms. The molecule has 1 nitrogen and oxygen atoms in total. The Bertz CT molecular complexity index is 612. The fourth-order valence-corrected chi connectivity index (χ4v) is 3.53. The maximum atomic E-state index is 5.24. The van der Waals surface area contributed by atoms with Crippen molar-refractivity contribution in [2.24, 2.45) is 5.92 Å². The van der Waals surface area contributed by atoms with E-state index in [0.29, 0.717) is 0 Å². The second-order valence-electron chi connectivity index (χ2n) is 6.46. The number of fused-ring (bicyclic) bond motifs is 1. The molecule has 0 spiro atoms. The lowest BCUT2D eigenvalue weighted by atomic mass is 9.80. The fraction of sp³-hybridized carbons (Fsp3) is 0.429. The molecule has 1 aliphatic rings. The number of aryl methyl sites for hydroxylation is 1. The van der Waals surface area contributed by atoms with Crippen LogP contribution in [0.3, 0.4) is 0 Å². The Morgan fingerprint density at radius 3 is 2.50 bits per heavy atom. The maximum absolute atomic E-state index is 5.24. The molecule has 1 heteroatoms. The van der Waals surface area contributed by atoms with Gasteiger partial charge in [0.05, 0.1) is 7.11 Å². The molecule has 0 amide bonds. The molecule has 0 fully saturated rings. The van der Waals surface area contributed by atoms with Crippen LogP contribution in [0.15, 0.2) is 42.5 Å². The van der Waals surface area contributed by atoms with Crippen molar-refractivity contribution in [3.8, 4) is 16.9 Å². The van der Waals surface area contributed by atoms with Crippen molar-refractivity contribution in [2.75, 3.05) is 7.11 Å². The van der Waals surface area contributed by atoms with Gasteiger partial charge in [-0.3, -0.25) is 0 Å². The Morgan fingerprint density at radius 2 is 1.77 bits per heavy atom. The summed E-state index contributed by atoms with van der Waals surface area (Å²) >= 11 is 0. The molecule has 2 aromatic carbocycles. The van der Waals surface area contributed by atoms with Gasteiger partial charge in [0.25, 0.3) is 0 Å². The third-order valence-electron chi connectivity index (χ3n) is 4.93. The number of hydrogen-bond acceptors (Lipinski definition) is 1. The third kappa shape index (κ3) is 3.35. The Kier molecular flexibility index (Phi) is 4.82. The highest BCUT2D eigenvalue weighted by Gasteiger charge is 2.18. The van der Waals surface area contributed by atoms with E-state index in [4.69, 9.17) is 4.74 Å². The molecule has 1 unspecified atom stereocenters. The van der Waals surface area contributed by atoms with Gasteiger partial charge in [0.15, 0.2) is 0 Å². The predicted molar refractivity (Wildman–Crippen MR) is 93.5 cm³/mol. The Hall–Kier alpha value is -1.76. The first-order valence-electron chi connectivity index (χ1n) is 8.56. The first-order chi connectivity index (χ1) is 10.8. The molecule has 3 rings (SSSR count). The van der Waals surface area contributed by atoms with Crippen LogP contribution in [-0.2, 0) is 12.8 Å². The summed E-state index contributed by atoms with van der Waals surface area (Å²) in [5.41, 5.74) is 5.73. The molecule has 0 radical (unpaired) electrons. The molecule has 0 saturated carbocycles. The zero-order valence-corrected chi connectivity index (χ0v) is 13.8. The first-order valence-corrected chi connectivity index (χ1v) is 8.56. The van der Waals surface area contributed by atoms with Crippen molar-refractivity contribution < 1.29 is 4.74 Å². The van der Waals surface area contributed by atoms with Crippen molar-refractivity contribution in [2.45, 2.75) is 45.4 Å². The van der Waals surface area contributed by atoms with Crippen LogP contribution in [0.1, 0.15) is 43.7 Å². The first kappa shape index (κ1) is 15.1. The van der Waals surface area contributed by atoms with Gasteiger partial charge in [0.2, 0.25) is 0 Å². The smallest absolute Gasteiger partial charge is 0.118 e. The number of methoxy groups -OCH3 is 1. The minimum atomic E-state index is 0.902. The second kappa shape index (κ2) is 7.00. The van der Waals surface area contributed by atoms with Crippen LogP contribution < -0.4 is 4.74 Å². The molecule has 1 aliphatic carbocycles. The number of unbranched alkanes of at least 4 members (excludes halogenated alkanes) is 1. The van der Waals surface area contributed by atoms with Crippen molar-refractivity contribution in [3.63, 3.8) is 0 Å². The van der Waals surface area contributed by atoms with E-state index in [1.807, 2.05) is 12.1 Å². The van der Waals surface area contributed by atoms with Crippen molar-refractivity contribution in [1.29, 1.82) is 0 Å². The number of hydrogen-bond donors (Lipinski definition) is 0. The summed E-state index contributed by atoms with van der Waals surface area (Å²) in [5, 5.41) is 0. The van der Waals surface area contributed by atoms with Gasteiger partial charge in [-0.15, -0.1) is 0 Å². The van der Waals surface area contributed by atoms with Crippen molar-refractivity contribution in [3.05, 3.63) is 53.6 Å². The van der Waals surface area contributed by atoms with Crippen LogP contribution in [0.25, 0.3) is 11.1 Å². The molecular weight excluding hydrogens is 268 g/mol. The summed E-state index contributed by atoms with van der Waals surface area (Å²) in [7, 11) is 1.71. The molecule has 116 valence electrons. The lowest BCUT2D eigenvalue weighted by Crippen LogP contribution is -2.14. The Labute approximate surface area is 134 Å². The van der Waals surface area contributed by atoms with Crippen LogP contribution in [0.5, 0.6) is 5.75 Å². The van der Waals surface area contributed by atoms with Gasteiger partial charge in [-0.05, 0) is 59.6 Å². The van der Waals surface area contributed by atoms with Gasteiger partial charge in [-0.1, -0.05) is 56.5 Å². The van der Waals surface area contributed by atoms with Gasteiger partial charge < -0.3 is 4.74 Å². The third-order valence-corrected chi connectivity index (χ3v) is 4.93. The molecule has 0 bridgehead atoms. The van der Waals surface area contributed by atoms with E-state index in [0.717, 1.165) is 11.7 Å². The quantitative estimate of drug-likeness (QED) is 0.691. The van der Waals surface area contributed by atoms with Crippen LogP contribution in [0.4, 0.5) is 0 Å². The maximum Gasteiger partial charge on any atom is 0.118 e. The largest absolute Gasteiger partial charge is 0.497 e.